The molecule has 0 unspecified atom stereocenters. The summed E-state index contributed by atoms with van der Waals surface area (Å²) in [6.07, 6.45) is 2.09. The number of nitrogens with two attached hydrogens (primary N) is 1. The van der Waals surface area contributed by atoms with Crippen molar-refractivity contribution in [3.8, 4) is 0 Å². The van der Waals surface area contributed by atoms with E-state index in [-0.39, 0.29) is 0 Å². The Balaban J connectivity index is 2.06. The molecule has 0 amide bonds. The van der Waals surface area contributed by atoms with E-state index in [1.54, 1.807) is 11.3 Å². The van der Waals surface area contributed by atoms with Crippen molar-refractivity contribution < 1.29 is 0 Å². The van der Waals surface area contributed by atoms with Gasteiger partial charge in [-0.1, -0.05) is 12.1 Å². The van der Waals surface area contributed by atoms with Crippen LogP contribution in [0.1, 0.15) is 4.88 Å². The molecule has 2 nitrogen and oxygen atoms in total. The first-order valence-corrected chi connectivity index (χ1v) is 6.97. The number of hydrogen-bond donors (Lipinski definition) is 1. The van der Waals surface area contributed by atoms with E-state index in [0.717, 1.165) is 22.2 Å². The van der Waals surface area contributed by atoms with Crippen LogP contribution in [0.4, 0.5) is 5.69 Å². The van der Waals surface area contributed by atoms with E-state index in [1.807, 2.05) is 12.1 Å². The van der Waals surface area contributed by atoms with Crippen LogP contribution < -0.4 is 5.73 Å². The highest BCUT2D eigenvalue weighted by Gasteiger charge is 2.05. The number of nitrogen functional groups attached to an aromatic ring is 1. The molecule has 2 aromatic heterocycles. The molecule has 0 bridgehead atoms. The summed E-state index contributed by atoms with van der Waals surface area (Å²) in [7, 11) is 0. The minimum atomic E-state index is 0.836. The topological polar surface area (TPSA) is 30.9 Å². The summed E-state index contributed by atoms with van der Waals surface area (Å²) >= 11 is 5.23. The Morgan fingerprint density at radius 3 is 2.94 bits per heavy atom. The van der Waals surface area contributed by atoms with Crippen molar-refractivity contribution in [1.29, 1.82) is 0 Å². The second-order valence-corrected chi connectivity index (χ2v) is 5.87. The van der Waals surface area contributed by atoms with Gasteiger partial charge in [0.15, 0.2) is 0 Å². The van der Waals surface area contributed by atoms with Crippen molar-refractivity contribution >= 4 is 43.9 Å². The maximum Gasteiger partial charge on any atom is 0.0717 e. The van der Waals surface area contributed by atoms with Gasteiger partial charge in [-0.05, 0) is 34.1 Å². The van der Waals surface area contributed by atoms with Crippen molar-refractivity contribution in [2.45, 2.75) is 6.54 Å². The molecule has 0 aliphatic rings. The number of benzene rings is 1. The van der Waals surface area contributed by atoms with Crippen LogP contribution in [-0.2, 0) is 6.54 Å². The molecule has 0 aliphatic heterocycles. The average molecular weight is 307 g/mol. The summed E-state index contributed by atoms with van der Waals surface area (Å²) in [6.45, 7) is 0.869. The van der Waals surface area contributed by atoms with Gasteiger partial charge in [0.1, 0.15) is 0 Å². The van der Waals surface area contributed by atoms with Crippen LogP contribution in [0.5, 0.6) is 0 Å². The van der Waals surface area contributed by atoms with E-state index in [9.17, 15) is 0 Å². The van der Waals surface area contributed by atoms with Crippen molar-refractivity contribution in [2.75, 3.05) is 5.73 Å². The molecular formula is C13H11BrN2S. The van der Waals surface area contributed by atoms with E-state index < -0.39 is 0 Å². The van der Waals surface area contributed by atoms with Gasteiger partial charge in [0.25, 0.3) is 0 Å². The normalized spacial score (nSPS) is 11.1. The first-order chi connectivity index (χ1) is 8.24. The maximum atomic E-state index is 6.03. The standard InChI is InChI=1S/C13H11BrN2S/c14-10-6-11(17-8-10)7-16-5-4-9-2-1-3-12(15)13(9)16/h1-6,8H,7,15H2. The molecule has 4 heteroatoms. The van der Waals surface area contributed by atoms with Gasteiger partial charge in [-0.15, -0.1) is 11.3 Å². The molecular weight excluding hydrogens is 296 g/mol. The fraction of sp³-hybridized carbons (Fsp3) is 0.0769. The Morgan fingerprint density at radius 1 is 1.29 bits per heavy atom. The van der Waals surface area contributed by atoms with Gasteiger partial charge in [0, 0.05) is 26.3 Å². The molecule has 0 spiro atoms. The lowest BCUT2D eigenvalue weighted by Gasteiger charge is -2.05. The van der Waals surface area contributed by atoms with Crippen LogP contribution >= 0.6 is 27.3 Å². The van der Waals surface area contributed by atoms with Crippen LogP contribution in [0.25, 0.3) is 10.9 Å². The summed E-state index contributed by atoms with van der Waals surface area (Å²) in [6, 6.07) is 10.3. The van der Waals surface area contributed by atoms with Crippen LogP contribution in [-0.4, -0.2) is 4.57 Å². The van der Waals surface area contributed by atoms with Crippen LogP contribution in [0.3, 0.4) is 0 Å². The van der Waals surface area contributed by atoms with E-state index in [0.29, 0.717) is 0 Å². The number of halogens is 1. The van der Waals surface area contributed by atoms with Gasteiger partial charge in [0.2, 0.25) is 0 Å². The predicted octanol–water partition coefficient (Wildman–Crippen LogP) is 4.10. The lowest BCUT2D eigenvalue weighted by Crippen LogP contribution is -1.98. The molecule has 2 heterocycles. The number of hydrogen-bond acceptors (Lipinski definition) is 2. The average Bonchev–Trinajstić information content (AvgIpc) is 2.88. The van der Waals surface area contributed by atoms with Crippen LogP contribution in [0, 0.1) is 0 Å². The van der Waals surface area contributed by atoms with Crippen LogP contribution in [0.15, 0.2) is 46.4 Å². The Kier molecular flexibility index (Phi) is 2.68. The Morgan fingerprint density at radius 2 is 2.18 bits per heavy atom. The molecule has 0 atom stereocenters. The zero-order valence-corrected chi connectivity index (χ0v) is 11.5. The molecule has 0 radical (unpaired) electrons. The quantitative estimate of drug-likeness (QED) is 0.710. The van der Waals surface area contributed by atoms with Gasteiger partial charge in [-0.2, -0.15) is 0 Å². The molecule has 3 aromatic rings. The summed E-state index contributed by atoms with van der Waals surface area (Å²) in [4.78, 5) is 1.32. The lowest BCUT2D eigenvalue weighted by molar-refractivity contribution is 0.852. The molecule has 0 saturated carbocycles. The SMILES string of the molecule is Nc1cccc2ccn(Cc3cc(Br)cs3)c12. The predicted molar refractivity (Wildman–Crippen MR) is 77.5 cm³/mol. The second-order valence-electron chi connectivity index (χ2n) is 3.96. The van der Waals surface area contributed by atoms with Crippen LogP contribution in [0.2, 0.25) is 0 Å². The van der Waals surface area contributed by atoms with Gasteiger partial charge in [-0.3, -0.25) is 0 Å². The maximum absolute atomic E-state index is 6.03. The number of thiophene rings is 1. The molecule has 1 aromatic carbocycles. The van der Waals surface area contributed by atoms with Gasteiger partial charge >= 0.3 is 0 Å². The number of aromatic nitrogens is 1. The Labute approximate surface area is 112 Å². The summed E-state index contributed by atoms with van der Waals surface area (Å²) in [5.41, 5.74) is 7.99. The fourth-order valence-electron chi connectivity index (χ4n) is 2.03. The fourth-order valence-corrected chi connectivity index (χ4v) is 3.48. The highest BCUT2D eigenvalue weighted by atomic mass is 79.9. The molecule has 0 saturated heterocycles. The number of para-hydroxylation sites is 1. The number of rotatable bonds is 2. The van der Waals surface area contributed by atoms with Crippen molar-refractivity contribution in [2.24, 2.45) is 0 Å². The molecule has 17 heavy (non-hydrogen) atoms. The molecule has 0 fully saturated rings. The Hall–Kier alpha value is -1.26. The molecule has 86 valence electrons. The first-order valence-electron chi connectivity index (χ1n) is 5.30. The summed E-state index contributed by atoms with van der Waals surface area (Å²) in [5.74, 6) is 0. The highest BCUT2D eigenvalue weighted by Crippen LogP contribution is 2.25. The Bertz CT molecular complexity index is 669. The van der Waals surface area contributed by atoms with Crippen molar-refractivity contribution in [1.82, 2.24) is 4.57 Å². The van der Waals surface area contributed by atoms with Crippen molar-refractivity contribution in [3.05, 3.63) is 51.3 Å². The van der Waals surface area contributed by atoms with E-state index in [1.165, 1.54) is 10.3 Å². The number of anilines is 1. The number of fused-ring (bicyclic) bond motifs is 1. The third-order valence-corrected chi connectivity index (χ3v) is 4.45. The van der Waals surface area contributed by atoms with Gasteiger partial charge in [0.05, 0.1) is 17.7 Å². The van der Waals surface area contributed by atoms with E-state index in [4.69, 9.17) is 5.73 Å². The highest BCUT2D eigenvalue weighted by molar-refractivity contribution is 9.10. The zero-order chi connectivity index (χ0) is 11.8. The minimum absolute atomic E-state index is 0.836. The molecule has 2 N–H and O–H groups in total. The molecule has 0 aliphatic carbocycles. The largest absolute Gasteiger partial charge is 0.397 e. The minimum Gasteiger partial charge on any atom is -0.397 e. The first kappa shape index (κ1) is 10.9. The van der Waals surface area contributed by atoms with Crippen molar-refractivity contribution in [3.63, 3.8) is 0 Å². The summed E-state index contributed by atoms with van der Waals surface area (Å²) in [5, 5.41) is 3.30. The molecule has 3 rings (SSSR count). The lowest BCUT2D eigenvalue weighted by atomic mass is 10.2. The van der Waals surface area contributed by atoms with E-state index in [2.05, 4.69) is 50.3 Å². The third-order valence-electron chi connectivity index (χ3n) is 2.77. The van der Waals surface area contributed by atoms with Gasteiger partial charge < -0.3 is 10.3 Å². The summed E-state index contributed by atoms with van der Waals surface area (Å²) < 4.78 is 3.34. The van der Waals surface area contributed by atoms with Gasteiger partial charge in [-0.25, -0.2) is 0 Å². The second kappa shape index (κ2) is 4.20. The zero-order valence-electron chi connectivity index (χ0n) is 9.06. The monoisotopic (exact) mass is 306 g/mol. The smallest absolute Gasteiger partial charge is 0.0717 e. The van der Waals surface area contributed by atoms with E-state index >= 15 is 0 Å². The third kappa shape index (κ3) is 1.98. The number of nitrogens with zero attached hydrogens (tertiary/aromatic N) is 1.